The van der Waals surface area contributed by atoms with Gasteiger partial charge in [0.25, 0.3) is 11.8 Å². The maximum absolute atomic E-state index is 13.7. The number of alkyl halides is 3. The van der Waals surface area contributed by atoms with Gasteiger partial charge >= 0.3 is 6.18 Å². The predicted molar refractivity (Wildman–Crippen MR) is 141 cm³/mol. The predicted octanol–water partition coefficient (Wildman–Crippen LogP) is 4.99. The van der Waals surface area contributed by atoms with E-state index in [-0.39, 0.29) is 24.1 Å². The van der Waals surface area contributed by atoms with Crippen LogP contribution in [-0.2, 0) is 31.5 Å². The van der Waals surface area contributed by atoms with Crippen molar-refractivity contribution >= 4 is 11.8 Å². The highest BCUT2D eigenvalue weighted by atomic mass is 19.4. The number of aromatic nitrogens is 2. The molecule has 1 saturated carbocycles. The number of halogens is 3. The molecule has 0 unspecified atom stereocenters. The SMILES string of the molecule is Cc1ccccc1C(=O)NCc1c2c(nn1CCC1CC1)C[C@]1(CCc3cc(OCC(F)(F)F)ccc31)NC2=O. The molecule has 3 aromatic rings. The molecule has 2 aliphatic carbocycles. The van der Waals surface area contributed by atoms with Crippen LogP contribution in [0.25, 0.3) is 0 Å². The van der Waals surface area contributed by atoms with E-state index in [4.69, 9.17) is 9.84 Å². The van der Waals surface area contributed by atoms with Crippen molar-refractivity contribution < 1.29 is 27.5 Å². The van der Waals surface area contributed by atoms with Crippen molar-refractivity contribution in [1.29, 1.82) is 0 Å². The minimum atomic E-state index is -4.41. The number of hydrogen-bond donors (Lipinski definition) is 2. The Labute approximate surface area is 230 Å². The van der Waals surface area contributed by atoms with E-state index in [1.165, 1.54) is 18.9 Å². The molecule has 2 heterocycles. The summed E-state index contributed by atoms with van der Waals surface area (Å²) in [5.74, 6) is 0.380. The lowest BCUT2D eigenvalue weighted by Gasteiger charge is -2.35. The fourth-order valence-corrected chi connectivity index (χ4v) is 6.01. The van der Waals surface area contributed by atoms with E-state index in [2.05, 4.69) is 10.6 Å². The second-order valence-electron chi connectivity index (χ2n) is 11.2. The summed E-state index contributed by atoms with van der Waals surface area (Å²) < 4.78 is 44.7. The first kappa shape index (κ1) is 26.4. The highest BCUT2D eigenvalue weighted by molar-refractivity contribution is 5.99. The summed E-state index contributed by atoms with van der Waals surface area (Å²) in [6.07, 6.45) is 0.656. The summed E-state index contributed by atoms with van der Waals surface area (Å²) in [4.78, 5) is 26.6. The summed E-state index contributed by atoms with van der Waals surface area (Å²) in [7, 11) is 0. The third kappa shape index (κ3) is 5.19. The van der Waals surface area contributed by atoms with Crippen molar-refractivity contribution in [2.75, 3.05) is 6.61 Å². The number of hydrogen-bond acceptors (Lipinski definition) is 4. The van der Waals surface area contributed by atoms with Gasteiger partial charge in [-0.2, -0.15) is 18.3 Å². The van der Waals surface area contributed by atoms with Crippen LogP contribution in [0.2, 0.25) is 0 Å². The van der Waals surface area contributed by atoms with Gasteiger partial charge in [-0.15, -0.1) is 0 Å². The molecule has 0 saturated heterocycles. The van der Waals surface area contributed by atoms with Gasteiger partial charge in [0.05, 0.1) is 29.0 Å². The summed E-state index contributed by atoms with van der Waals surface area (Å²) in [6, 6.07) is 12.3. The second-order valence-corrected chi connectivity index (χ2v) is 11.2. The van der Waals surface area contributed by atoms with Crippen molar-refractivity contribution in [3.05, 3.63) is 81.7 Å². The van der Waals surface area contributed by atoms with Crippen molar-refractivity contribution in [3.8, 4) is 5.75 Å². The number of benzene rings is 2. The summed E-state index contributed by atoms with van der Waals surface area (Å²) in [5.41, 5.74) is 4.41. The Balaban J connectivity index is 1.26. The van der Waals surface area contributed by atoms with E-state index >= 15 is 0 Å². The molecule has 2 aromatic carbocycles. The largest absolute Gasteiger partial charge is 0.484 e. The van der Waals surface area contributed by atoms with Crippen LogP contribution in [0, 0.1) is 12.8 Å². The van der Waals surface area contributed by atoms with Crippen molar-refractivity contribution in [3.63, 3.8) is 0 Å². The Hall–Kier alpha value is -3.82. The number of nitrogens with one attached hydrogen (secondary N) is 2. The quantitative estimate of drug-likeness (QED) is 0.413. The standard InChI is InChI=1S/C30H31F3N4O3/c1-18-4-2-3-5-22(18)27(38)34-16-25-26-24(36-37(25)13-11-19-6-7-19)15-29(35-28(26)39)12-10-20-14-21(8-9-23(20)29)40-17-30(31,32)33/h2-5,8-9,14,19H,6-7,10-13,15-17H2,1H3,(H,34,38)(H,35,39)/t29-/m0/s1. The summed E-state index contributed by atoms with van der Waals surface area (Å²) in [5, 5.41) is 11.1. The highest BCUT2D eigenvalue weighted by Gasteiger charge is 2.46. The van der Waals surface area contributed by atoms with Crippen LogP contribution >= 0.6 is 0 Å². The average Bonchev–Trinajstić information content (AvgIpc) is 3.59. The van der Waals surface area contributed by atoms with Crippen LogP contribution < -0.4 is 15.4 Å². The number of carbonyl (C=O) groups excluding carboxylic acids is 2. The molecule has 2 N–H and O–H groups in total. The van der Waals surface area contributed by atoms with Crippen LogP contribution in [-0.4, -0.2) is 34.4 Å². The van der Waals surface area contributed by atoms with Gasteiger partial charge in [-0.1, -0.05) is 37.1 Å². The van der Waals surface area contributed by atoms with Crippen LogP contribution in [0.4, 0.5) is 13.2 Å². The fourth-order valence-electron chi connectivity index (χ4n) is 6.01. The zero-order valence-electron chi connectivity index (χ0n) is 22.2. The Morgan fingerprint density at radius 2 is 2.02 bits per heavy atom. The number of ether oxygens (including phenoxy) is 1. The Kier molecular flexibility index (Phi) is 6.59. The normalized spacial score (nSPS) is 19.8. The van der Waals surface area contributed by atoms with E-state index in [1.807, 2.05) is 29.8 Å². The lowest BCUT2D eigenvalue weighted by Crippen LogP contribution is -2.50. The number of nitrogens with zero attached hydrogens (tertiary/aromatic N) is 2. The molecule has 0 bridgehead atoms. The van der Waals surface area contributed by atoms with Gasteiger partial charge < -0.3 is 15.4 Å². The van der Waals surface area contributed by atoms with Gasteiger partial charge in [-0.3, -0.25) is 14.3 Å². The Morgan fingerprint density at radius 1 is 1.23 bits per heavy atom. The molecule has 2 amide bonds. The molecule has 1 fully saturated rings. The van der Waals surface area contributed by atoms with Crippen LogP contribution in [0.15, 0.2) is 42.5 Å². The van der Waals surface area contributed by atoms with Gasteiger partial charge in [0.2, 0.25) is 0 Å². The van der Waals surface area contributed by atoms with Gasteiger partial charge in [0.15, 0.2) is 6.61 Å². The Bertz CT molecular complexity index is 1480. The first-order chi connectivity index (χ1) is 19.1. The minimum absolute atomic E-state index is 0.159. The highest BCUT2D eigenvalue weighted by Crippen LogP contribution is 2.44. The molecular formula is C30H31F3N4O3. The molecule has 3 aliphatic rings. The molecule has 6 rings (SSSR count). The minimum Gasteiger partial charge on any atom is -0.484 e. The van der Waals surface area contributed by atoms with Gasteiger partial charge in [-0.05, 0) is 67.0 Å². The van der Waals surface area contributed by atoms with Crippen LogP contribution in [0.5, 0.6) is 5.75 Å². The second kappa shape index (κ2) is 9.98. The van der Waals surface area contributed by atoms with E-state index in [0.717, 1.165) is 23.1 Å². The number of carbonyl (C=O) groups is 2. The molecule has 40 heavy (non-hydrogen) atoms. The van der Waals surface area contributed by atoms with Gasteiger partial charge in [-0.25, -0.2) is 0 Å². The lowest BCUT2D eigenvalue weighted by atomic mass is 9.82. The van der Waals surface area contributed by atoms with E-state index in [9.17, 15) is 22.8 Å². The van der Waals surface area contributed by atoms with Crippen molar-refractivity contribution in [1.82, 2.24) is 20.4 Å². The van der Waals surface area contributed by atoms with Crippen LogP contribution in [0.1, 0.15) is 74.5 Å². The maximum atomic E-state index is 13.7. The third-order valence-corrected chi connectivity index (χ3v) is 8.25. The zero-order chi connectivity index (χ0) is 28.1. The smallest absolute Gasteiger partial charge is 0.422 e. The first-order valence-electron chi connectivity index (χ1n) is 13.7. The van der Waals surface area contributed by atoms with Crippen molar-refractivity contribution in [2.45, 2.75) is 70.3 Å². The van der Waals surface area contributed by atoms with E-state index in [0.29, 0.717) is 54.2 Å². The molecule has 7 nitrogen and oxygen atoms in total. The average molecular weight is 553 g/mol. The van der Waals surface area contributed by atoms with E-state index in [1.54, 1.807) is 18.2 Å². The molecule has 1 atom stereocenters. The topological polar surface area (TPSA) is 85.2 Å². The molecule has 1 spiro atoms. The van der Waals surface area contributed by atoms with Crippen molar-refractivity contribution in [2.24, 2.45) is 5.92 Å². The monoisotopic (exact) mass is 552 g/mol. The number of fused-ring (bicyclic) bond motifs is 3. The lowest BCUT2D eigenvalue weighted by molar-refractivity contribution is -0.153. The number of rotatable bonds is 8. The summed E-state index contributed by atoms with van der Waals surface area (Å²) >= 11 is 0. The molecule has 10 heteroatoms. The maximum Gasteiger partial charge on any atom is 0.422 e. The van der Waals surface area contributed by atoms with E-state index < -0.39 is 18.3 Å². The number of amides is 2. The first-order valence-corrected chi connectivity index (χ1v) is 13.7. The molecule has 210 valence electrons. The van der Waals surface area contributed by atoms with Crippen LogP contribution in [0.3, 0.4) is 0 Å². The molecular weight excluding hydrogens is 521 g/mol. The Morgan fingerprint density at radius 3 is 2.77 bits per heavy atom. The molecule has 0 radical (unpaired) electrons. The zero-order valence-corrected chi connectivity index (χ0v) is 22.2. The van der Waals surface area contributed by atoms with Gasteiger partial charge in [0.1, 0.15) is 5.75 Å². The van der Waals surface area contributed by atoms with Gasteiger partial charge in [0, 0.05) is 18.5 Å². The third-order valence-electron chi connectivity index (χ3n) is 8.25. The number of aryl methyl sites for hydroxylation is 3. The fraction of sp³-hybridized carbons (Fsp3) is 0.433. The molecule has 1 aliphatic heterocycles. The summed E-state index contributed by atoms with van der Waals surface area (Å²) in [6.45, 7) is 1.38. The molecule has 1 aromatic heterocycles.